The Hall–Kier alpha value is -1.19. The molecule has 0 atom stereocenters. The molecule has 0 aliphatic heterocycles. The van der Waals surface area contributed by atoms with Crippen molar-refractivity contribution in [2.75, 3.05) is 5.75 Å². The number of hydrogen-bond acceptors (Lipinski definition) is 8. The molecule has 3 rings (SSSR count). The number of fused-ring (bicyclic) bond motifs is 1. The SMILES string of the molecule is CCCSc1nnc(Sc2ncnc3c2cnn3C)s1. The highest BCUT2D eigenvalue weighted by Gasteiger charge is 2.12. The second kappa shape index (κ2) is 6.06. The Labute approximate surface area is 128 Å². The first kappa shape index (κ1) is 13.8. The molecule has 0 unspecified atom stereocenters. The van der Waals surface area contributed by atoms with Gasteiger partial charge in [0.1, 0.15) is 11.4 Å². The molecule has 0 N–H and O–H groups in total. The van der Waals surface area contributed by atoms with Crippen molar-refractivity contribution in [2.45, 2.75) is 27.0 Å². The first-order chi connectivity index (χ1) is 9.78. The lowest BCUT2D eigenvalue weighted by atomic mass is 10.4. The molecule has 104 valence electrons. The lowest BCUT2D eigenvalue weighted by Gasteiger charge is -1.97. The van der Waals surface area contributed by atoms with E-state index >= 15 is 0 Å². The molecule has 0 aromatic carbocycles. The molecular formula is C11H12N6S3. The quantitative estimate of drug-likeness (QED) is 0.528. The van der Waals surface area contributed by atoms with Gasteiger partial charge in [0.25, 0.3) is 0 Å². The van der Waals surface area contributed by atoms with Crippen LogP contribution in [-0.4, -0.2) is 35.7 Å². The third-order valence-corrected chi connectivity index (χ3v) is 5.83. The topological polar surface area (TPSA) is 69.4 Å². The summed E-state index contributed by atoms with van der Waals surface area (Å²) in [5.41, 5.74) is 0.826. The maximum Gasteiger partial charge on any atom is 0.181 e. The number of hydrogen-bond donors (Lipinski definition) is 0. The third kappa shape index (κ3) is 2.79. The molecule has 0 saturated heterocycles. The van der Waals surface area contributed by atoms with Crippen LogP contribution < -0.4 is 0 Å². The molecule has 9 heteroatoms. The molecule has 0 fully saturated rings. The lowest BCUT2D eigenvalue weighted by molar-refractivity contribution is 0.784. The van der Waals surface area contributed by atoms with Crippen molar-refractivity contribution in [3.63, 3.8) is 0 Å². The van der Waals surface area contributed by atoms with Gasteiger partial charge in [-0.25, -0.2) is 9.97 Å². The minimum Gasteiger partial charge on any atom is -0.250 e. The molecule has 3 heterocycles. The van der Waals surface area contributed by atoms with Crippen molar-refractivity contribution < 1.29 is 0 Å². The van der Waals surface area contributed by atoms with Crippen LogP contribution in [0.2, 0.25) is 0 Å². The molecule has 0 amide bonds. The van der Waals surface area contributed by atoms with Crippen LogP contribution in [0.4, 0.5) is 0 Å². The molecule has 20 heavy (non-hydrogen) atoms. The first-order valence-electron chi connectivity index (χ1n) is 6.04. The minimum absolute atomic E-state index is 0.826. The monoisotopic (exact) mass is 324 g/mol. The zero-order valence-electron chi connectivity index (χ0n) is 11.0. The van der Waals surface area contributed by atoms with Crippen LogP contribution in [0, 0.1) is 0 Å². The fourth-order valence-electron chi connectivity index (χ4n) is 1.59. The third-order valence-electron chi connectivity index (χ3n) is 2.49. The molecule has 3 aromatic heterocycles. The minimum atomic E-state index is 0.826. The average molecular weight is 324 g/mol. The summed E-state index contributed by atoms with van der Waals surface area (Å²) in [6.45, 7) is 2.16. The van der Waals surface area contributed by atoms with Crippen LogP contribution in [0.5, 0.6) is 0 Å². The van der Waals surface area contributed by atoms with Gasteiger partial charge in [-0.05, 0) is 18.2 Å². The summed E-state index contributed by atoms with van der Waals surface area (Å²) in [6, 6.07) is 0. The van der Waals surface area contributed by atoms with Gasteiger partial charge in [-0.1, -0.05) is 30.0 Å². The van der Waals surface area contributed by atoms with Crippen LogP contribution in [0.1, 0.15) is 13.3 Å². The molecule has 6 nitrogen and oxygen atoms in total. The summed E-state index contributed by atoms with van der Waals surface area (Å²) in [7, 11) is 1.87. The van der Waals surface area contributed by atoms with Crippen molar-refractivity contribution in [1.29, 1.82) is 0 Å². The van der Waals surface area contributed by atoms with Gasteiger partial charge < -0.3 is 0 Å². The molecule has 0 spiro atoms. The number of aryl methyl sites for hydroxylation is 1. The average Bonchev–Trinajstić information content (AvgIpc) is 3.05. The van der Waals surface area contributed by atoms with E-state index in [4.69, 9.17) is 0 Å². The van der Waals surface area contributed by atoms with E-state index in [9.17, 15) is 0 Å². The largest absolute Gasteiger partial charge is 0.250 e. The zero-order valence-corrected chi connectivity index (χ0v) is 13.4. The van der Waals surface area contributed by atoms with Gasteiger partial charge in [0, 0.05) is 12.8 Å². The van der Waals surface area contributed by atoms with Gasteiger partial charge in [0.2, 0.25) is 0 Å². The molecular weight excluding hydrogens is 312 g/mol. The van der Waals surface area contributed by atoms with Crippen LogP contribution in [-0.2, 0) is 7.05 Å². The predicted octanol–water partition coefficient (Wildman–Crippen LogP) is 2.87. The summed E-state index contributed by atoms with van der Waals surface area (Å²) in [6.07, 6.45) is 4.47. The van der Waals surface area contributed by atoms with E-state index in [0.717, 1.165) is 36.9 Å². The van der Waals surface area contributed by atoms with Crippen molar-refractivity contribution in [3.05, 3.63) is 12.5 Å². The first-order valence-corrected chi connectivity index (χ1v) is 8.66. The van der Waals surface area contributed by atoms with Gasteiger partial charge in [-0.3, -0.25) is 4.68 Å². The van der Waals surface area contributed by atoms with Gasteiger partial charge in [0.15, 0.2) is 14.3 Å². The number of aromatic nitrogens is 6. The van der Waals surface area contributed by atoms with Gasteiger partial charge in [0.05, 0.1) is 11.6 Å². The van der Waals surface area contributed by atoms with Crippen molar-refractivity contribution in [1.82, 2.24) is 29.9 Å². The second-order valence-electron chi connectivity index (χ2n) is 3.97. The van der Waals surface area contributed by atoms with Crippen molar-refractivity contribution in [2.24, 2.45) is 7.05 Å². The number of nitrogens with zero attached hydrogens (tertiary/aromatic N) is 6. The summed E-state index contributed by atoms with van der Waals surface area (Å²) >= 11 is 4.85. The second-order valence-corrected chi connectivity index (χ2v) is 7.52. The van der Waals surface area contributed by atoms with Crippen LogP contribution in [0.15, 0.2) is 26.2 Å². The fourth-order valence-corrected chi connectivity index (χ4v) is 4.50. The predicted molar refractivity (Wildman–Crippen MR) is 81.4 cm³/mol. The Bertz CT molecular complexity index is 722. The molecule has 0 aliphatic carbocycles. The highest BCUT2D eigenvalue weighted by molar-refractivity contribution is 8.03. The van der Waals surface area contributed by atoms with Gasteiger partial charge >= 0.3 is 0 Å². The number of thioether (sulfide) groups is 1. The smallest absolute Gasteiger partial charge is 0.181 e. The highest BCUT2D eigenvalue weighted by Crippen LogP contribution is 2.35. The molecule has 0 aliphatic rings. The van der Waals surface area contributed by atoms with E-state index in [1.807, 2.05) is 7.05 Å². The standard InChI is InChI=1S/C11H12N6S3/c1-3-4-18-10-15-16-11(20-10)19-9-7-5-14-17(2)8(7)12-6-13-9/h5-6H,3-4H2,1-2H3. The lowest BCUT2D eigenvalue weighted by Crippen LogP contribution is -1.92. The van der Waals surface area contributed by atoms with Crippen molar-refractivity contribution in [3.8, 4) is 0 Å². The Morgan fingerprint density at radius 3 is 2.95 bits per heavy atom. The maximum atomic E-state index is 4.32. The molecule has 0 saturated carbocycles. The maximum absolute atomic E-state index is 4.32. The van der Waals surface area contributed by atoms with E-state index in [-0.39, 0.29) is 0 Å². The van der Waals surface area contributed by atoms with Crippen LogP contribution in [0.25, 0.3) is 11.0 Å². The van der Waals surface area contributed by atoms with Crippen LogP contribution >= 0.6 is 34.9 Å². The van der Waals surface area contributed by atoms with Crippen LogP contribution in [0.3, 0.4) is 0 Å². The Kier molecular flexibility index (Phi) is 4.18. The number of rotatable bonds is 5. The summed E-state index contributed by atoms with van der Waals surface area (Å²) in [5.74, 6) is 1.07. The van der Waals surface area contributed by atoms with E-state index in [1.54, 1.807) is 40.3 Å². The van der Waals surface area contributed by atoms with Crippen molar-refractivity contribution >= 4 is 45.9 Å². The Morgan fingerprint density at radius 2 is 2.10 bits per heavy atom. The zero-order chi connectivity index (χ0) is 13.9. The summed E-state index contributed by atoms with van der Waals surface area (Å²) in [4.78, 5) is 8.55. The van der Waals surface area contributed by atoms with Gasteiger partial charge in [-0.2, -0.15) is 5.10 Å². The van der Waals surface area contributed by atoms with E-state index in [0.29, 0.717) is 0 Å². The molecule has 0 radical (unpaired) electrons. The highest BCUT2D eigenvalue weighted by atomic mass is 32.2. The molecule has 0 bridgehead atoms. The van der Waals surface area contributed by atoms with E-state index < -0.39 is 0 Å². The fraction of sp³-hybridized carbons (Fsp3) is 0.364. The van der Waals surface area contributed by atoms with E-state index in [1.165, 1.54) is 11.8 Å². The Morgan fingerprint density at radius 1 is 1.25 bits per heavy atom. The normalized spacial score (nSPS) is 11.3. The Balaban J connectivity index is 1.84. The van der Waals surface area contributed by atoms with Gasteiger partial charge in [-0.15, -0.1) is 10.2 Å². The summed E-state index contributed by atoms with van der Waals surface area (Å²) < 4.78 is 3.64. The summed E-state index contributed by atoms with van der Waals surface area (Å²) in [5, 5.41) is 14.4. The van der Waals surface area contributed by atoms with E-state index in [2.05, 4.69) is 32.2 Å². The molecule has 3 aromatic rings.